The third kappa shape index (κ3) is 2.81. The molecule has 1 aromatic heterocycles. The summed E-state index contributed by atoms with van der Waals surface area (Å²) in [5.74, 6) is -1.70. The molecule has 1 heterocycles. The van der Waals surface area contributed by atoms with E-state index in [1.807, 2.05) is 6.92 Å². The molecule has 0 radical (unpaired) electrons. The summed E-state index contributed by atoms with van der Waals surface area (Å²) in [5.41, 5.74) is 0.960. The van der Waals surface area contributed by atoms with Gasteiger partial charge < -0.3 is 5.32 Å². The first-order valence-corrected chi connectivity index (χ1v) is 6.72. The highest BCUT2D eigenvalue weighted by molar-refractivity contribution is 6.31. The monoisotopic (exact) mass is 296 g/mol. The lowest BCUT2D eigenvalue weighted by atomic mass is 10.0. The van der Waals surface area contributed by atoms with Crippen LogP contribution >= 0.6 is 11.6 Å². The molecule has 2 nitrogen and oxygen atoms in total. The standard InChI is InChI=1S/C15H15ClF2N2/c1-3-19-14(15-11(16)5-4-8-20-15)10-7-6-9(2)12(17)13(10)18/h4-8,14,19H,3H2,1-2H3. The lowest BCUT2D eigenvalue weighted by molar-refractivity contribution is 0.476. The van der Waals surface area contributed by atoms with Gasteiger partial charge in [-0.2, -0.15) is 0 Å². The van der Waals surface area contributed by atoms with Gasteiger partial charge in [0.2, 0.25) is 0 Å². The molecule has 1 aromatic carbocycles. The first kappa shape index (κ1) is 14.9. The van der Waals surface area contributed by atoms with E-state index in [4.69, 9.17) is 11.6 Å². The summed E-state index contributed by atoms with van der Waals surface area (Å²) in [6.45, 7) is 3.98. The van der Waals surface area contributed by atoms with Crippen LogP contribution in [0.2, 0.25) is 5.02 Å². The van der Waals surface area contributed by atoms with Gasteiger partial charge in [-0.15, -0.1) is 0 Å². The normalized spacial score (nSPS) is 12.4. The van der Waals surface area contributed by atoms with Gasteiger partial charge in [0.25, 0.3) is 0 Å². The molecule has 0 aliphatic carbocycles. The van der Waals surface area contributed by atoms with E-state index in [1.54, 1.807) is 30.5 Å². The summed E-state index contributed by atoms with van der Waals surface area (Å²) >= 11 is 6.11. The van der Waals surface area contributed by atoms with Crippen molar-refractivity contribution in [3.8, 4) is 0 Å². The predicted molar refractivity (Wildman–Crippen MR) is 75.9 cm³/mol. The lowest BCUT2D eigenvalue weighted by Crippen LogP contribution is -2.24. The van der Waals surface area contributed by atoms with Crippen LogP contribution in [-0.4, -0.2) is 11.5 Å². The maximum absolute atomic E-state index is 14.2. The fourth-order valence-electron chi connectivity index (χ4n) is 2.05. The average Bonchev–Trinajstić information content (AvgIpc) is 2.44. The highest BCUT2D eigenvalue weighted by Gasteiger charge is 2.23. The maximum Gasteiger partial charge on any atom is 0.164 e. The minimum Gasteiger partial charge on any atom is -0.305 e. The van der Waals surface area contributed by atoms with E-state index in [9.17, 15) is 8.78 Å². The topological polar surface area (TPSA) is 24.9 Å². The van der Waals surface area contributed by atoms with Crippen molar-refractivity contribution in [2.24, 2.45) is 0 Å². The van der Waals surface area contributed by atoms with E-state index < -0.39 is 17.7 Å². The summed E-state index contributed by atoms with van der Waals surface area (Å²) in [5, 5.41) is 3.51. The van der Waals surface area contributed by atoms with Crippen LogP contribution in [0.3, 0.4) is 0 Å². The molecule has 0 aliphatic heterocycles. The zero-order valence-electron chi connectivity index (χ0n) is 11.3. The van der Waals surface area contributed by atoms with Gasteiger partial charge >= 0.3 is 0 Å². The Morgan fingerprint density at radius 1 is 1.25 bits per heavy atom. The summed E-state index contributed by atoms with van der Waals surface area (Å²) in [4.78, 5) is 4.18. The van der Waals surface area contributed by atoms with Gasteiger partial charge in [0.05, 0.1) is 16.8 Å². The number of aromatic nitrogens is 1. The van der Waals surface area contributed by atoms with Crippen LogP contribution in [0.25, 0.3) is 0 Å². The molecule has 2 rings (SSSR count). The van der Waals surface area contributed by atoms with Gasteiger partial charge in [0.15, 0.2) is 11.6 Å². The van der Waals surface area contributed by atoms with Gasteiger partial charge in [-0.1, -0.05) is 30.7 Å². The second-order valence-electron chi connectivity index (χ2n) is 4.46. The molecule has 1 unspecified atom stereocenters. The van der Waals surface area contributed by atoms with Crippen LogP contribution in [0.15, 0.2) is 30.5 Å². The van der Waals surface area contributed by atoms with E-state index in [0.29, 0.717) is 17.3 Å². The number of aryl methyl sites for hydroxylation is 1. The highest BCUT2D eigenvalue weighted by Crippen LogP contribution is 2.29. The number of rotatable bonds is 4. The minimum atomic E-state index is -0.863. The number of nitrogens with one attached hydrogen (secondary N) is 1. The Morgan fingerprint density at radius 3 is 2.65 bits per heavy atom. The van der Waals surface area contributed by atoms with E-state index in [0.717, 1.165) is 0 Å². The van der Waals surface area contributed by atoms with Crippen molar-refractivity contribution in [1.29, 1.82) is 0 Å². The summed E-state index contributed by atoms with van der Waals surface area (Å²) < 4.78 is 27.9. The molecule has 2 aromatic rings. The van der Waals surface area contributed by atoms with Crippen LogP contribution in [0.4, 0.5) is 8.78 Å². The van der Waals surface area contributed by atoms with Gasteiger partial charge in [0.1, 0.15) is 0 Å². The Hall–Kier alpha value is -1.52. The van der Waals surface area contributed by atoms with Crippen LogP contribution < -0.4 is 5.32 Å². The molecule has 20 heavy (non-hydrogen) atoms. The average molecular weight is 297 g/mol. The summed E-state index contributed by atoms with van der Waals surface area (Å²) in [6.07, 6.45) is 1.58. The zero-order chi connectivity index (χ0) is 14.7. The first-order valence-electron chi connectivity index (χ1n) is 6.34. The quantitative estimate of drug-likeness (QED) is 0.922. The number of pyridine rings is 1. The number of hydrogen-bond acceptors (Lipinski definition) is 2. The van der Waals surface area contributed by atoms with E-state index in [-0.39, 0.29) is 11.1 Å². The van der Waals surface area contributed by atoms with E-state index >= 15 is 0 Å². The zero-order valence-corrected chi connectivity index (χ0v) is 12.0. The van der Waals surface area contributed by atoms with E-state index in [2.05, 4.69) is 10.3 Å². The summed E-state index contributed by atoms with van der Waals surface area (Å²) in [7, 11) is 0. The third-order valence-corrected chi connectivity index (χ3v) is 3.40. The molecule has 0 saturated heterocycles. The van der Waals surface area contributed by atoms with Crippen molar-refractivity contribution >= 4 is 11.6 Å². The van der Waals surface area contributed by atoms with Crippen LogP contribution in [0.5, 0.6) is 0 Å². The molecular formula is C15H15ClF2N2. The molecule has 0 bridgehead atoms. The lowest BCUT2D eigenvalue weighted by Gasteiger charge is -2.20. The van der Waals surface area contributed by atoms with Crippen molar-refractivity contribution in [2.75, 3.05) is 6.54 Å². The van der Waals surface area contributed by atoms with Crippen molar-refractivity contribution < 1.29 is 8.78 Å². The molecule has 5 heteroatoms. The Bertz CT molecular complexity index is 617. The van der Waals surface area contributed by atoms with Crippen molar-refractivity contribution in [1.82, 2.24) is 10.3 Å². The Labute approximate surface area is 121 Å². The highest BCUT2D eigenvalue weighted by atomic mass is 35.5. The summed E-state index contributed by atoms with van der Waals surface area (Å²) in [6, 6.07) is 5.90. The van der Waals surface area contributed by atoms with Crippen molar-refractivity contribution in [3.63, 3.8) is 0 Å². The molecule has 0 spiro atoms. The Balaban J connectivity index is 2.55. The minimum absolute atomic E-state index is 0.204. The van der Waals surface area contributed by atoms with Gasteiger partial charge in [-0.05, 0) is 31.2 Å². The molecule has 0 saturated carbocycles. The Kier molecular flexibility index (Phi) is 4.68. The van der Waals surface area contributed by atoms with Gasteiger partial charge in [0, 0.05) is 11.8 Å². The second-order valence-corrected chi connectivity index (χ2v) is 4.87. The van der Waals surface area contributed by atoms with E-state index in [1.165, 1.54) is 6.92 Å². The van der Waals surface area contributed by atoms with Crippen LogP contribution in [0, 0.1) is 18.6 Å². The molecule has 0 amide bonds. The van der Waals surface area contributed by atoms with Crippen LogP contribution in [-0.2, 0) is 0 Å². The fraction of sp³-hybridized carbons (Fsp3) is 0.267. The van der Waals surface area contributed by atoms with Crippen LogP contribution in [0.1, 0.15) is 29.8 Å². The molecule has 0 aliphatic rings. The van der Waals surface area contributed by atoms with Crippen molar-refractivity contribution in [2.45, 2.75) is 19.9 Å². The molecule has 0 fully saturated rings. The van der Waals surface area contributed by atoms with Gasteiger partial charge in [-0.25, -0.2) is 8.78 Å². The SMILES string of the molecule is CCNC(c1ccc(C)c(F)c1F)c1ncccc1Cl. The largest absolute Gasteiger partial charge is 0.305 e. The fourth-order valence-corrected chi connectivity index (χ4v) is 2.28. The maximum atomic E-state index is 14.2. The van der Waals surface area contributed by atoms with Crippen molar-refractivity contribution in [3.05, 3.63) is 63.9 Å². The third-order valence-electron chi connectivity index (χ3n) is 3.08. The molecule has 1 atom stereocenters. The first-order chi connectivity index (χ1) is 9.56. The number of benzene rings is 1. The van der Waals surface area contributed by atoms with Gasteiger partial charge in [-0.3, -0.25) is 4.98 Å². The molecule has 1 N–H and O–H groups in total. The Morgan fingerprint density at radius 2 is 2.00 bits per heavy atom. The number of halogens is 3. The number of nitrogens with zero attached hydrogens (tertiary/aromatic N) is 1. The second kappa shape index (κ2) is 6.29. The predicted octanol–water partition coefficient (Wildman–Crippen LogP) is 4.02. The molecule has 106 valence electrons. The number of hydrogen-bond donors (Lipinski definition) is 1. The molecular weight excluding hydrogens is 282 g/mol. The smallest absolute Gasteiger partial charge is 0.164 e.